The van der Waals surface area contributed by atoms with Crippen LogP contribution in [0.5, 0.6) is 0 Å². The summed E-state index contributed by atoms with van der Waals surface area (Å²) in [5.41, 5.74) is 1.87. The highest BCUT2D eigenvalue weighted by Crippen LogP contribution is 2.20. The van der Waals surface area contributed by atoms with Crippen LogP contribution in [0.25, 0.3) is 0 Å². The molecule has 1 aliphatic heterocycles. The predicted molar refractivity (Wildman–Crippen MR) is 91.9 cm³/mol. The lowest BCUT2D eigenvalue weighted by Crippen LogP contribution is -2.38. The summed E-state index contributed by atoms with van der Waals surface area (Å²) in [5.74, 6) is 0.439. The van der Waals surface area contributed by atoms with Gasteiger partial charge in [-0.05, 0) is 30.5 Å². The minimum atomic E-state index is -0.535. The van der Waals surface area contributed by atoms with Crippen LogP contribution in [0, 0.1) is 0 Å². The molecule has 2 aromatic rings. The molecule has 1 unspecified atom stereocenters. The van der Waals surface area contributed by atoms with Crippen molar-refractivity contribution in [3.8, 4) is 0 Å². The van der Waals surface area contributed by atoms with Crippen LogP contribution >= 0.6 is 0 Å². The predicted octanol–water partition coefficient (Wildman–Crippen LogP) is 2.79. The van der Waals surface area contributed by atoms with Gasteiger partial charge in [0.2, 0.25) is 0 Å². The van der Waals surface area contributed by atoms with Gasteiger partial charge in [-0.1, -0.05) is 30.3 Å². The Kier molecular flexibility index (Phi) is 5.28. The number of nitrogens with zero attached hydrogens (tertiary/aromatic N) is 2. The first kappa shape index (κ1) is 16.3. The second-order valence-electron chi connectivity index (χ2n) is 5.83. The molecule has 6 nitrogen and oxygen atoms in total. The van der Waals surface area contributed by atoms with E-state index in [0.717, 1.165) is 30.6 Å². The molecule has 2 N–H and O–H groups in total. The fraction of sp³-hybridized carbons (Fsp3) is 0.333. The van der Waals surface area contributed by atoms with Crippen molar-refractivity contribution >= 4 is 17.6 Å². The molecular formula is C18H21N3O3. The number of hydrogen-bond acceptors (Lipinski definition) is 5. The van der Waals surface area contributed by atoms with E-state index in [2.05, 4.69) is 15.2 Å². The van der Waals surface area contributed by atoms with Crippen LogP contribution < -0.4 is 10.2 Å². The highest BCUT2D eigenvalue weighted by atomic mass is 16.5. The lowest BCUT2D eigenvalue weighted by Gasteiger charge is -2.31. The third kappa shape index (κ3) is 4.45. The van der Waals surface area contributed by atoms with Crippen LogP contribution in [0.3, 0.4) is 0 Å². The number of aliphatic hydroxyl groups excluding tert-OH is 1. The van der Waals surface area contributed by atoms with Crippen LogP contribution in [0.15, 0.2) is 48.7 Å². The molecule has 24 heavy (non-hydrogen) atoms. The Morgan fingerprint density at radius 3 is 2.83 bits per heavy atom. The van der Waals surface area contributed by atoms with Crippen molar-refractivity contribution in [2.45, 2.75) is 25.6 Å². The van der Waals surface area contributed by atoms with E-state index in [1.165, 1.54) is 0 Å². The summed E-state index contributed by atoms with van der Waals surface area (Å²) in [4.78, 5) is 18.1. The lowest BCUT2D eigenvalue weighted by atomic mass is 10.1. The zero-order chi connectivity index (χ0) is 16.8. The number of β-amino-alcohol motifs (C(OH)–C–C–N with tert-alkyl or cyclic N) is 1. The number of amides is 1. The van der Waals surface area contributed by atoms with Crippen LogP contribution in [-0.2, 0) is 11.3 Å². The SMILES string of the molecule is O=C(Nc1ccc(N2CCCC(O)C2)cn1)OCc1ccccc1. The number of nitrogens with one attached hydrogen (secondary N) is 1. The van der Waals surface area contributed by atoms with Gasteiger partial charge < -0.3 is 14.7 Å². The van der Waals surface area contributed by atoms with E-state index in [1.807, 2.05) is 36.4 Å². The minimum absolute atomic E-state index is 0.219. The summed E-state index contributed by atoms with van der Waals surface area (Å²) in [6, 6.07) is 13.1. The molecule has 0 saturated carbocycles. The van der Waals surface area contributed by atoms with Gasteiger partial charge in [0.25, 0.3) is 0 Å². The largest absolute Gasteiger partial charge is 0.444 e. The van der Waals surface area contributed by atoms with E-state index in [9.17, 15) is 9.90 Å². The number of benzene rings is 1. The van der Waals surface area contributed by atoms with E-state index in [-0.39, 0.29) is 12.7 Å². The first-order valence-electron chi connectivity index (χ1n) is 8.07. The molecule has 1 aromatic heterocycles. The van der Waals surface area contributed by atoms with Crippen molar-refractivity contribution < 1.29 is 14.6 Å². The van der Waals surface area contributed by atoms with Gasteiger partial charge in [0.15, 0.2) is 0 Å². The van der Waals surface area contributed by atoms with E-state index in [0.29, 0.717) is 12.4 Å². The maximum absolute atomic E-state index is 11.8. The Bertz CT molecular complexity index is 661. The number of carbonyl (C=O) groups excluding carboxylic acids is 1. The number of anilines is 2. The third-order valence-electron chi connectivity index (χ3n) is 3.95. The lowest BCUT2D eigenvalue weighted by molar-refractivity contribution is 0.154. The molecule has 1 amide bonds. The number of rotatable bonds is 4. The van der Waals surface area contributed by atoms with Crippen LogP contribution in [0.4, 0.5) is 16.3 Å². The van der Waals surface area contributed by atoms with Gasteiger partial charge in [0.1, 0.15) is 12.4 Å². The summed E-state index contributed by atoms with van der Waals surface area (Å²) >= 11 is 0. The monoisotopic (exact) mass is 327 g/mol. The van der Waals surface area contributed by atoms with Gasteiger partial charge in [-0.15, -0.1) is 0 Å². The van der Waals surface area contributed by atoms with Gasteiger partial charge >= 0.3 is 6.09 Å². The zero-order valence-electron chi connectivity index (χ0n) is 13.4. The fourth-order valence-corrected chi connectivity index (χ4v) is 2.70. The first-order chi connectivity index (χ1) is 11.7. The third-order valence-corrected chi connectivity index (χ3v) is 3.95. The maximum atomic E-state index is 11.8. The van der Waals surface area contributed by atoms with Crippen molar-refractivity contribution in [1.29, 1.82) is 0 Å². The Morgan fingerprint density at radius 1 is 1.29 bits per heavy atom. The van der Waals surface area contributed by atoms with Crippen molar-refractivity contribution in [2.24, 2.45) is 0 Å². The van der Waals surface area contributed by atoms with E-state index in [1.54, 1.807) is 12.3 Å². The molecular weight excluding hydrogens is 306 g/mol. The molecule has 126 valence electrons. The second-order valence-corrected chi connectivity index (χ2v) is 5.83. The molecule has 2 heterocycles. The Labute approximate surface area is 141 Å². The fourth-order valence-electron chi connectivity index (χ4n) is 2.70. The van der Waals surface area contributed by atoms with E-state index in [4.69, 9.17) is 4.74 Å². The number of pyridine rings is 1. The molecule has 1 aromatic carbocycles. The summed E-state index contributed by atoms with van der Waals surface area (Å²) in [7, 11) is 0. The number of hydrogen-bond donors (Lipinski definition) is 2. The highest BCUT2D eigenvalue weighted by molar-refractivity contribution is 5.83. The van der Waals surface area contributed by atoms with Crippen molar-refractivity contribution in [3.63, 3.8) is 0 Å². The van der Waals surface area contributed by atoms with E-state index < -0.39 is 6.09 Å². The molecule has 0 spiro atoms. The second kappa shape index (κ2) is 7.79. The zero-order valence-corrected chi connectivity index (χ0v) is 13.4. The summed E-state index contributed by atoms with van der Waals surface area (Å²) in [5, 5.41) is 12.3. The normalized spacial score (nSPS) is 17.4. The first-order valence-corrected chi connectivity index (χ1v) is 8.07. The number of aromatic nitrogens is 1. The average Bonchev–Trinajstić information content (AvgIpc) is 2.61. The van der Waals surface area contributed by atoms with Gasteiger partial charge in [-0.25, -0.2) is 9.78 Å². The summed E-state index contributed by atoms with van der Waals surface area (Å²) < 4.78 is 5.16. The molecule has 1 saturated heterocycles. The van der Waals surface area contributed by atoms with E-state index >= 15 is 0 Å². The Balaban J connectivity index is 1.51. The quantitative estimate of drug-likeness (QED) is 0.903. The van der Waals surface area contributed by atoms with Gasteiger partial charge in [-0.2, -0.15) is 0 Å². The minimum Gasteiger partial charge on any atom is -0.444 e. The Morgan fingerprint density at radius 2 is 2.12 bits per heavy atom. The van der Waals surface area contributed by atoms with Gasteiger partial charge in [-0.3, -0.25) is 5.32 Å². The molecule has 0 radical (unpaired) electrons. The summed E-state index contributed by atoms with van der Waals surface area (Å²) in [6.45, 7) is 1.74. The van der Waals surface area contributed by atoms with Crippen molar-refractivity contribution in [2.75, 3.05) is 23.3 Å². The van der Waals surface area contributed by atoms with Crippen LogP contribution in [-0.4, -0.2) is 35.4 Å². The highest BCUT2D eigenvalue weighted by Gasteiger charge is 2.18. The number of ether oxygens (including phenoxy) is 1. The van der Waals surface area contributed by atoms with Gasteiger partial charge in [0, 0.05) is 13.1 Å². The number of aliphatic hydroxyl groups is 1. The summed E-state index contributed by atoms with van der Waals surface area (Å²) in [6.07, 6.45) is 2.69. The number of carbonyl (C=O) groups is 1. The molecule has 0 bridgehead atoms. The Hall–Kier alpha value is -2.60. The molecule has 3 rings (SSSR count). The molecule has 0 aliphatic carbocycles. The topological polar surface area (TPSA) is 74.7 Å². The van der Waals surface area contributed by atoms with Crippen LogP contribution in [0.2, 0.25) is 0 Å². The van der Waals surface area contributed by atoms with Crippen LogP contribution in [0.1, 0.15) is 18.4 Å². The standard InChI is InChI=1S/C18H21N3O3/c22-16-7-4-10-21(12-16)15-8-9-17(19-11-15)20-18(23)24-13-14-5-2-1-3-6-14/h1-3,5-6,8-9,11,16,22H,4,7,10,12-13H2,(H,19,20,23). The maximum Gasteiger partial charge on any atom is 0.413 e. The van der Waals surface area contributed by atoms with Crippen molar-refractivity contribution in [3.05, 3.63) is 54.2 Å². The van der Waals surface area contributed by atoms with Gasteiger partial charge in [0.05, 0.1) is 18.0 Å². The molecule has 6 heteroatoms. The molecule has 1 atom stereocenters. The van der Waals surface area contributed by atoms with Crippen molar-refractivity contribution in [1.82, 2.24) is 4.98 Å². The molecule has 1 aliphatic rings. The molecule has 1 fully saturated rings. The average molecular weight is 327 g/mol. The number of piperidine rings is 1. The smallest absolute Gasteiger partial charge is 0.413 e.